The second-order valence-corrected chi connectivity index (χ2v) is 6.65. The van der Waals surface area contributed by atoms with E-state index in [1.54, 1.807) is 12.1 Å². The van der Waals surface area contributed by atoms with E-state index in [0.29, 0.717) is 29.7 Å². The SMILES string of the molecule is O=C(c1ccccc1Cl)N1CCCC(COCc2ccccc2)C1. The Hall–Kier alpha value is -1.84. The van der Waals surface area contributed by atoms with Gasteiger partial charge in [-0.15, -0.1) is 0 Å². The molecule has 2 aromatic rings. The van der Waals surface area contributed by atoms with Crippen molar-refractivity contribution in [3.8, 4) is 0 Å². The summed E-state index contributed by atoms with van der Waals surface area (Å²) >= 11 is 6.15. The van der Waals surface area contributed by atoms with Gasteiger partial charge in [-0.3, -0.25) is 4.79 Å². The molecule has 1 amide bonds. The second-order valence-electron chi connectivity index (χ2n) is 6.24. The van der Waals surface area contributed by atoms with Crippen LogP contribution in [0.1, 0.15) is 28.8 Å². The van der Waals surface area contributed by atoms with E-state index in [4.69, 9.17) is 16.3 Å². The van der Waals surface area contributed by atoms with Gasteiger partial charge in [-0.05, 0) is 36.5 Å². The van der Waals surface area contributed by atoms with Crippen LogP contribution in [0.5, 0.6) is 0 Å². The smallest absolute Gasteiger partial charge is 0.255 e. The molecule has 2 aromatic carbocycles. The first-order valence-electron chi connectivity index (χ1n) is 8.39. The van der Waals surface area contributed by atoms with Gasteiger partial charge in [0, 0.05) is 13.1 Å². The summed E-state index contributed by atoms with van der Waals surface area (Å²) in [5.41, 5.74) is 1.77. The Morgan fingerprint density at radius 2 is 1.88 bits per heavy atom. The highest BCUT2D eigenvalue weighted by Gasteiger charge is 2.25. The van der Waals surface area contributed by atoms with Gasteiger partial charge in [0.25, 0.3) is 5.91 Å². The number of piperidine rings is 1. The fourth-order valence-electron chi connectivity index (χ4n) is 3.11. The van der Waals surface area contributed by atoms with Gasteiger partial charge in [0.2, 0.25) is 0 Å². The Labute approximate surface area is 148 Å². The molecule has 24 heavy (non-hydrogen) atoms. The maximum absolute atomic E-state index is 12.7. The molecule has 0 N–H and O–H groups in total. The molecule has 3 rings (SSSR count). The Bertz CT molecular complexity index is 674. The molecule has 1 heterocycles. The molecule has 0 radical (unpaired) electrons. The van der Waals surface area contributed by atoms with Crippen molar-refractivity contribution in [3.63, 3.8) is 0 Å². The molecular formula is C20H22ClNO2. The van der Waals surface area contributed by atoms with Crippen LogP contribution in [-0.4, -0.2) is 30.5 Å². The van der Waals surface area contributed by atoms with Gasteiger partial charge < -0.3 is 9.64 Å². The number of carbonyl (C=O) groups is 1. The molecule has 3 nitrogen and oxygen atoms in total. The van der Waals surface area contributed by atoms with E-state index < -0.39 is 0 Å². The van der Waals surface area contributed by atoms with E-state index in [1.165, 1.54) is 5.56 Å². The van der Waals surface area contributed by atoms with Crippen molar-refractivity contribution in [1.29, 1.82) is 0 Å². The van der Waals surface area contributed by atoms with E-state index in [1.807, 2.05) is 35.2 Å². The highest BCUT2D eigenvalue weighted by molar-refractivity contribution is 6.33. The monoisotopic (exact) mass is 343 g/mol. The Morgan fingerprint density at radius 3 is 2.67 bits per heavy atom. The average Bonchev–Trinajstić information content (AvgIpc) is 2.63. The van der Waals surface area contributed by atoms with Crippen LogP contribution in [0, 0.1) is 5.92 Å². The van der Waals surface area contributed by atoms with Crippen molar-refractivity contribution in [3.05, 3.63) is 70.7 Å². The maximum Gasteiger partial charge on any atom is 0.255 e. The lowest BCUT2D eigenvalue weighted by atomic mass is 9.98. The van der Waals surface area contributed by atoms with Crippen LogP contribution < -0.4 is 0 Å². The Kier molecular flexibility index (Phi) is 5.89. The van der Waals surface area contributed by atoms with Gasteiger partial charge in [-0.1, -0.05) is 54.1 Å². The first-order valence-corrected chi connectivity index (χ1v) is 8.77. The number of hydrogen-bond donors (Lipinski definition) is 0. The summed E-state index contributed by atoms with van der Waals surface area (Å²) in [5.74, 6) is 0.405. The summed E-state index contributed by atoms with van der Waals surface area (Å²) in [6, 6.07) is 17.4. The van der Waals surface area contributed by atoms with Gasteiger partial charge in [0.1, 0.15) is 0 Å². The van der Waals surface area contributed by atoms with E-state index in [-0.39, 0.29) is 5.91 Å². The van der Waals surface area contributed by atoms with Crippen LogP contribution in [-0.2, 0) is 11.3 Å². The Morgan fingerprint density at radius 1 is 1.12 bits per heavy atom. The fraction of sp³-hybridized carbons (Fsp3) is 0.350. The van der Waals surface area contributed by atoms with Crippen molar-refractivity contribution >= 4 is 17.5 Å². The molecular weight excluding hydrogens is 322 g/mol. The minimum atomic E-state index is 0.0216. The molecule has 0 bridgehead atoms. The summed E-state index contributed by atoms with van der Waals surface area (Å²) in [6.07, 6.45) is 2.11. The highest BCUT2D eigenvalue weighted by atomic mass is 35.5. The predicted molar refractivity (Wildman–Crippen MR) is 96.2 cm³/mol. The predicted octanol–water partition coefficient (Wildman–Crippen LogP) is 4.41. The third kappa shape index (κ3) is 4.37. The van der Waals surface area contributed by atoms with Gasteiger partial charge >= 0.3 is 0 Å². The van der Waals surface area contributed by atoms with E-state index >= 15 is 0 Å². The molecule has 1 saturated heterocycles. The van der Waals surface area contributed by atoms with Crippen LogP contribution in [0.2, 0.25) is 5.02 Å². The number of halogens is 1. The zero-order valence-electron chi connectivity index (χ0n) is 13.7. The third-order valence-electron chi connectivity index (χ3n) is 4.38. The zero-order chi connectivity index (χ0) is 16.8. The lowest BCUT2D eigenvalue weighted by molar-refractivity contribution is 0.0426. The van der Waals surface area contributed by atoms with Crippen molar-refractivity contribution in [2.24, 2.45) is 5.92 Å². The molecule has 126 valence electrons. The second kappa shape index (κ2) is 8.32. The van der Waals surface area contributed by atoms with E-state index in [9.17, 15) is 4.79 Å². The van der Waals surface area contributed by atoms with Crippen molar-refractivity contribution in [2.45, 2.75) is 19.4 Å². The molecule has 1 aliphatic heterocycles. The average molecular weight is 344 g/mol. The number of ether oxygens (including phenoxy) is 1. The fourth-order valence-corrected chi connectivity index (χ4v) is 3.32. The zero-order valence-corrected chi connectivity index (χ0v) is 14.4. The van der Waals surface area contributed by atoms with E-state index in [2.05, 4.69) is 12.1 Å². The molecule has 1 fully saturated rings. The molecule has 0 aromatic heterocycles. The quantitative estimate of drug-likeness (QED) is 0.804. The standard InChI is InChI=1S/C20H22ClNO2/c21-19-11-5-4-10-18(19)20(23)22-12-6-9-17(13-22)15-24-14-16-7-2-1-3-8-16/h1-5,7-8,10-11,17H,6,9,12-15H2. The highest BCUT2D eigenvalue weighted by Crippen LogP contribution is 2.22. The van der Waals surface area contributed by atoms with Crippen LogP contribution in [0.15, 0.2) is 54.6 Å². The summed E-state index contributed by atoms with van der Waals surface area (Å²) in [4.78, 5) is 14.6. The number of nitrogens with zero attached hydrogens (tertiary/aromatic N) is 1. The number of hydrogen-bond acceptors (Lipinski definition) is 2. The van der Waals surface area contributed by atoms with Gasteiger partial charge in [0.15, 0.2) is 0 Å². The number of benzene rings is 2. The van der Waals surface area contributed by atoms with Crippen LogP contribution in [0.25, 0.3) is 0 Å². The van der Waals surface area contributed by atoms with Gasteiger partial charge in [-0.25, -0.2) is 0 Å². The molecule has 0 saturated carbocycles. The molecule has 1 atom stereocenters. The summed E-state index contributed by atoms with van der Waals surface area (Å²) in [6.45, 7) is 2.83. The minimum Gasteiger partial charge on any atom is -0.376 e. The first kappa shape index (κ1) is 17.0. The number of rotatable bonds is 5. The lowest BCUT2D eigenvalue weighted by Gasteiger charge is -2.33. The normalized spacial score (nSPS) is 17.7. The first-order chi connectivity index (χ1) is 11.7. The van der Waals surface area contributed by atoms with E-state index in [0.717, 1.165) is 25.9 Å². The maximum atomic E-state index is 12.7. The number of carbonyl (C=O) groups excluding carboxylic acids is 1. The van der Waals surface area contributed by atoms with Crippen molar-refractivity contribution in [1.82, 2.24) is 4.90 Å². The largest absolute Gasteiger partial charge is 0.376 e. The third-order valence-corrected chi connectivity index (χ3v) is 4.71. The molecule has 4 heteroatoms. The summed E-state index contributed by atoms with van der Waals surface area (Å²) in [5, 5.41) is 0.518. The summed E-state index contributed by atoms with van der Waals surface area (Å²) < 4.78 is 5.85. The van der Waals surface area contributed by atoms with Gasteiger partial charge in [-0.2, -0.15) is 0 Å². The number of amides is 1. The minimum absolute atomic E-state index is 0.0216. The molecule has 1 aliphatic rings. The van der Waals surface area contributed by atoms with Crippen LogP contribution in [0.4, 0.5) is 0 Å². The Balaban J connectivity index is 1.53. The lowest BCUT2D eigenvalue weighted by Crippen LogP contribution is -2.41. The van der Waals surface area contributed by atoms with Crippen molar-refractivity contribution in [2.75, 3.05) is 19.7 Å². The number of likely N-dealkylation sites (tertiary alicyclic amines) is 1. The van der Waals surface area contributed by atoms with Crippen molar-refractivity contribution < 1.29 is 9.53 Å². The molecule has 0 spiro atoms. The molecule has 1 unspecified atom stereocenters. The van der Waals surface area contributed by atoms with Crippen LogP contribution in [0.3, 0.4) is 0 Å². The summed E-state index contributed by atoms with van der Waals surface area (Å²) in [7, 11) is 0. The van der Waals surface area contributed by atoms with Gasteiger partial charge in [0.05, 0.1) is 23.8 Å². The topological polar surface area (TPSA) is 29.5 Å². The van der Waals surface area contributed by atoms with Crippen LogP contribution >= 0.6 is 11.6 Å². The molecule has 0 aliphatic carbocycles.